The maximum Gasteiger partial charge on any atom is 0.119 e. The highest BCUT2D eigenvalue weighted by atomic mass is 16.5. The molecule has 0 spiro atoms. The summed E-state index contributed by atoms with van der Waals surface area (Å²) >= 11 is 0. The Bertz CT molecular complexity index is 457. The van der Waals surface area contributed by atoms with Gasteiger partial charge in [-0.3, -0.25) is 0 Å². The molecular formula is C16H16O. The fraction of sp³-hybridized carbons (Fsp3) is 0.125. The normalized spacial score (nSPS) is 9.88. The molecule has 0 amide bonds. The summed E-state index contributed by atoms with van der Waals surface area (Å²) in [5.41, 5.74) is 2.44. The Kier molecular flexibility index (Phi) is 3.98. The Labute approximate surface area is 102 Å². The molecule has 0 unspecified atom stereocenters. The molecule has 0 N–H and O–H groups in total. The van der Waals surface area contributed by atoms with Crippen molar-refractivity contribution in [1.82, 2.24) is 0 Å². The largest absolute Gasteiger partial charge is 0.489 e. The molecule has 0 atom stereocenters. The maximum atomic E-state index is 5.70. The molecule has 0 aromatic heterocycles. The third kappa shape index (κ3) is 3.49. The molecule has 1 heteroatoms. The average molecular weight is 224 g/mol. The highest BCUT2D eigenvalue weighted by molar-refractivity contribution is 5.28. The highest BCUT2D eigenvalue weighted by Gasteiger charge is 1.95. The quantitative estimate of drug-likeness (QED) is 0.698. The summed E-state index contributed by atoms with van der Waals surface area (Å²) < 4.78 is 5.70. The van der Waals surface area contributed by atoms with Crippen molar-refractivity contribution in [2.24, 2.45) is 0 Å². The second-order valence-electron chi connectivity index (χ2n) is 3.91. The van der Waals surface area contributed by atoms with E-state index in [0.717, 1.165) is 12.2 Å². The molecule has 86 valence electrons. The summed E-state index contributed by atoms with van der Waals surface area (Å²) in [6, 6.07) is 18.3. The van der Waals surface area contributed by atoms with Gasteiger partial charge in [0.25, 0.3) is 0 Å². The zero-order chi connectivity index (χ0) is 11.9. The molecule has 17 heavy (non-hydrogen) atoms. The van der Waals surface area contributed by atoms with Crippen LogP contribution < -0.4 is 4.74 Å². The van der Waals surface area contributed by atoms with E-state index in [0.29, 0.717) is 6.61 Å². The third-order valence-corrected chi connectivity index (χ3v) is 2.55. The standard InChI is InChI=1S/C16H16O/c1-2-6-14-9-11-16(12-10-14)17-13-15-7-4-3-5-8-15/h2-5,7-12H,1,6,13H2. The van der Waals surface area contributed by atoms with E-state index >= 15 is 0 Å². The molecule has 0 saturated carbocycles. The first-order chi connectivity index (χ1) is 8.38. The molecule has 2 aromatic carbocycles. The van der Waals surface area contributed by atoms with Crippen LogP contribution in [-0.4, -0.2) is 0 Å². The Hall–Kier alpha value is -2.02. The van der Waals surface area contributed by atoms with Crippen LogP contribution in [0.1, 0.15) is 11.1 Å². The van der Waals surface area contributed by atoms with Gasteiger partial charge in [0.15, 0.2) is 0 Å². The Balaban J connectivity index is 1.93. The van der Waals surface area contributed by atoms with Crippen molar-refractivity contribution >= 4 is 0 Å². The van der Waals surface area contributed by atoms with E-state index in [-0.39, 0.29) is 0 Å². The van der Waals surface area contributed by atoms with E-state index in [4.69, 9.17) is 4.74 Å². The number of hydrogen-bond acceptors (Lipinski definition) is 1. The van der Waals surface area contributed by atoms with Crippen molar-refractivity contribution in [3.63, 3.8) is 0 Å². The van der Waals surface area contributed by atoms with Crippen molar-refractivity contribution in [2.75, 3.05) is 0 Å². The van der Waals surface area contributed by atoms with Gasteiger partial charge in [0.1, 0.15) is 12.4 Å². The number of benzene rings is 2. The van der Waals surface area contributed by atoms with E-state index in [1.807, 2.05) is 36.4 Å². The van der Waals surface area contributed by atoms with Crippen LogP contribution in [-0.2, 0) is 13.0 Å². The molecule has 1 nitrogen and oxygen atoms in total. The van der Waals surface area contributed by atoms with Crippen LogP contribution in [0.5, 0.6) is 5.75 Å². The number of rotatable bonds is 5. The Morgan fingerprint density at radius 2 is 1.59 bits per heavy atom. The van der Waals surface area contributed by atoms with Crippen LogP contribution in [0.3, 0.4) is 0 Å². The zero-order valence-corrected chi connectivity index (χ0v) is 9.80. The number of hydrogen-bond donors (Lipinski definition) is 0. The molecule has 0 fully saturated rings. The molecule has 2 rings (SSSR count). The summed E-state index contributed by atoms with van der Waals surface area (Å²) in [4.78, 5) is 0. The second kappa shape index (κ2) is 5.90. The molecule has 2 aromatic rings. The molecule has 0 aliphatic carbocycles. The van der Waals surface area contributed by atoms with E-state index in [1.165, 1.54) is 11.1 Å². The van der Waals surface area contributed by atoms with Gasteiger partial charge in [-0.05, 0) is 29.7 Å². The number of ether oxygens (including phenoxy) is 1. The van der Waals surface area contributed by atoms with Crippen LogP contribution in [0.15, 0.2) is 67.3 Å². The van der Waals surface area contributed by atoms with Gasteiger partial charge in [-0.2, -0.15) is 0 Å². The van der Waals surface area contributed by atoms with E-state index in [2.05, 4.69) is 30.8 Å². The summed E-state index contributed by atoms with van der Waals surface area (Å²) in [7, 11) is 0. The highest BCUT2D eigenvalue weighted by Crippen LogP contribution is 2.14. The SMILES string of the molecule is C=CCc1ccc(OCc2ccccc2)cc1. The van der Waals surface area contributed by atoms with Gasteiger partial charge >= 0.3 is 0 Å². The maximum absolute atomic E-state index is 5.70. The van der Waals surface area contributed by atoms with Crippen LogP contribution in [0.25, 0.3) is 0 Å². The molecule has 0 aliphatic rings. The van der Waals surface area contributed by atoms with Gasteiger partial charge in [0.2, 0.25) is 0 Å². The molecule has 0 aliphatic heterocycles. The van der Waals surface area contributed by atoms with E-state index in [9.17, 15) is 0 Å². The first kappa shape index (κ1) is 11.5. The second-order valence-corrected chi connectivity index (χ2v) is 3.91. The predicted octanol–water partition coefficient (Wildman–Crippen LogP) is 3.99. The minimum atomic E-state index is 0.613. The van der Waals surface area contributed by atoms with E-state index in [1.54, 1.807) is 0 Å². The van der Waals surface area contributed by atoms with Crippen molar-refractivity contribution in [3.8, 4) is 5.75 Å². The summed E-state index contributed by atoms with van der Waals surface area (Å²) in [6.45, 7) is 4.34. The van der Waals surface area contributed by atoms with Crippen LogP contribution in [0.4, 0.5) is 0 Å². The first-order valence-electron chi connectivity index (χ1n) is 5.75. The number of allylic oxidation sites excluding steroid dienone is 1. The molecular weight excluding hydrogens is 208 g/mol. The zero-order valence-electron chi connectivity index (χ0n) is 9.80. The van der Waals surface area contributed by atoms with Crippen molar-refractivity contribution < 1.29 is 4.74 Å². The minimum absolute atomic E-state index is 0.613. The lowest BCUT2D eigenvalue weighted by Gasteiger charge is -2.06. The van der Waals surface area contributed by atoms with Gasteiger partial charge < -0.3 is 4.74 Å². The average Bonchev–Trinajstić information content (AvgIpc) is 2.40. The fourth-order valence-corrected chi connectivity index (χ4v) is 1.63. The lowest BCUT2D eigenvalue weighted by molar-refractivity contribution is 0.306. The molecule has 0 bridgehead atoms. The third-order valence-electron chi connectivity index (χ3n) is 2.55. The van der Waals surface area contributed by atoms with Gasteiger partial charge in [0.05, 0.1) is 0 Å². The molecule has 0 saturated heterocycles. The minimum Gasteiger partial charge on any atom is -0.489 e. The van der Waals surface area contributed by atoms with Gasteiger partial charge in [-0.1, -0.05) is 48.5 Å². The predicted molar refractivity (Wildman–Crippen MR) is 71.1 cm³/mol. The van der Waals surface area contributed by atoms with Crippen molar-refractivity contribution in [3.05, 3.63) is 78.4 Å². The Morgan fingerprint density at radius 1 is 0.882 bits per heavy atom. The lowest BCUT2D eigenvalue weighted by Crippen LogP contribution is -1.94. The van der Waals surface area contributed by atoms with Gasteiger partial charge in [-0.25, -0.2) is 0 Å². The molecule has 0 heterocycles. The van der Waals surface area contributed by atoms with Crippen molar-refractivity contribution in [2.45, 2.75) is 13.0 Å². The Morgan fingerprint density at radius 3 is 2.24 bits per heavy atom. The fourth-order valence-electron chi connectivity index (χ4n) is 1.63. The van der Waals surface area contributed by atoms with Crippen molar-refractivity contribution in [1.29, 1.82) is 0 Å². The summed E-state index contributed by atoms with van der Waals surface area (Å²) in [6.07, 6.45) is 2.80. The van der Waals surface area contributed by atoms with E-state index < -0.39 is 0 Å². The molecule has 0 radical (unpaired) electrons. The monoisotopic (exact) mass is 224 g/mol. The van der Waals surface area contributed by atoms with Gasteiger partial charge in [0, 0.05) is 0 Å². The van der Waals surface area contributed by atoms with Gasteiger partial charge in [-0.15, -0.1) is 6.58 Å². The van der Waals surface area contributed by atoms with Crippen LogP contribution in [0, 0.1) is 0 Å². The van der Waals surface area contributed by atoms with Crippen LogP contribution >= 0.6 is 0 Å². The smallest absolute Gasteiger partial charge is 0.119 e. The lowest BCUT2D eigenvalue weighted by atomic mass is 10.1. The van der Waals surface area contributed by atoms with Crippen LogP contribution in [0.2, 0.25) is 0 Å². The topological polar surface area (TPSA) is 9.23 Å². The summed E-state index contributed by atoms with van der Waals surface area (Å²) in [5, 5.41) is 0. The first-order valence-corrected chi connectivity index (χ1v) is 5.75. The summed E-state index contributed by atoms with van der Waals surface area (Å²) in [5.74, 6) is 0.904.